The molecule has 176 valence electrons. The summed E-state index contributed by atoms with van der Waals surface area (Å²) in [5.74, 6) is 2.22. The van der Waals surface area contributed by atoms with Gasteiger partial charge in [0.1, 0.15) is 6.61 Å². The van der Waals surface area contributed by atoms with Gasteiger partial charge in [-0.1, -0.05) is 48.2 Å². The van der Waals surface area contributed by atoms with Crippen LogP contribution < -0.4 is 14.8 Å². The summed E-state index contributed by atoms with van der Waals surface area (Å²) in [6.45, 7) is 7.47. The molecule has 1 aromatic heterocycles. The predicted octanol–water partition coefficient (Wildman–Crippen LogP) is 5.47. The Kier molecular flexibility index (Phi) is 7.69. The minimum absolute atomic E-state index is 0.0928. The molecular weight excluding hydrogens is 448 g/mol. The third-order valence-corrected chi connectivity index (χ3v) is 6.20. The molecule has 34 heavy (non-hydrogen) atoms. The van der Waals surface area contributed by atoms with Gasteiger partial charge in [-0.25, -0.2) is 0 Å². The summed E-state index contributed by atoms with van der Waals surface area (Å²) < 4.78 is 13.6. The maximum Gasteiger partial charge on any atom is 0.234 e. The second kappa shape index (κ2) is 11.1. The van der Waals surface area contributed by atoms with Crippen molar-refractivity contribution in [3.63, 3.8) is 0 Å². The Morgan fingerprint density at radius 2 is 1.79 bits per heavy atom. The molecule has 4 aromatic rings. The summed E-state index contributed by atoms with van der Waals surface area (Å²) >= 11 is 1.36. The molecule has 0 aliphatic carbocycles. The summed E-state index contributed by atoms with van der Waals surface area (Å²) in [5, 5.41) is 14.4. The minimum atomic E-state index is -0.0928. The van der Waals surface area contributed by atoms with Crippen LogP contribution in [0, 0.1) is 6.92 Å². The highest BCUT2D eigenvalue weighted by molar-refractivity contribution is 7.99. The Bertz CT molecular complexity index is 1290. The van der Waals surface area contributed by atoms with E-state index in [0.717, 1.165) is 22.0 Å². The fourth-order valence-corrected chi connectivity index (χ4v) is 4.41. The van der Waals surface area contributed by atoms with Crippen molar-refractivity contribution >= 4 is 34.1 Å². The number of nitrogens with zero attached hydrogens (tertiary/aromatic N) is 3. The number of hydrogen-bond donors (Lipinski definition) is 1. The summed E-state index contributed by atoms with van der Waals surface area (Å²) in [4.78, 5) is 12.5. The van der Waals surface area contributed by atoms with Crippen molar-refractivity contribution in [3.8, 4) is 11.5 Å². The SMILES string of the molecule is CCOc1cc(C)ccc1OCc1nnc(SCC(=O)Nc2ccc3ccccc3c2)n1CC. The lowest BCUT2D eigenvalue weighted by molar-refractivity contribution is -0.113. The molecule has 1 heterocycles. The minimum Gasteiger partial charge on any atom is -0.490 e. The van der Waals surface area contributed by atoms with E-state index < -0.39 is 0 Å². The van der Waals surface area contributed by atoms with E-state index in [9.17, 15) is 4.79 Å². The molecule has 0 unspecified atom stereocenters. The standard InChI is InChI=1S/C26H28N4O3S/c1-4-30-24(16-33-22-13-10-18(3)14-23(22)32-5-2)28-29-26(30)34-17-25(31)27-21-12-11-19-8-6-7-9-20(19)15-21/h6-15H,4-5,16-17H2,1-3H3,(H,27,31). The summed E-state index contributed by atoms with van der Waals surface area (Å²) in [6.07, 6.45) is 0. The molecule has 3 aromatic carbocycles. The van der Waals surface area contributed by atoms with Gasteiger partial charge in [-0.2, -0.15) is 0 Å². The molecule has 0 atom stereocenters. The number of ether oxygens (including phenoxy) is 2. The number of aromatic nitrogens is 3. The van der Waals surface area contributed by atoms with Gasteiger partial charge in [0.15, 0.2) is 22.5 Å². The monoisotopic (exact) mass is 476 g/mol. The van der Waals surface area contributed by atoms with Gasteiger partial charge in [-0.15, -0.1) is 10.2 Å². The Morgan fingerprint density at radius 3 is 2.59 bits per heavy atom. The van der Waals surface area contributed by atoms with Crippen LogP contribution >= 0.6 is 11.8 Å². The zero-order valence-corrected chi connectivity index (χ0v) is 20.4. The van der Waals surface area contributed by atoms with E-state index in [1.807, 2.05) is 86.0 Å². The number of hydrogen-bond acceptors (Lipinski definition) is 6. The van der Waals surface area contributed by atoms with Gasteiger partial charge in [0.25, 0.3) is 0 Å². The molecule has 0 aliphatic rings. The van der Waals surface area contributed by atoms with E-state index in [1.54, 1.807) is 0 Å². The number of carbonyl (C=O) groups excluding carboxylic acids is 1. The first-order valence-electron chi connectivity index (χ1n) is 11.3. The third-order valence-electron chi connectivity index (χ3n) is 5.23. The Morgan fingerprint density at radius 1 is 0.971 bits per heavy atom. The highest BCUT2D eigenvalue weighted by Crippen LogP contribution is 2.29. The third kappa shape index (κ3) is 5.69. The van der Waals surface area contributed by atoms with E-state index in [1.165, 1.54) is 11.8 Å². The lowest BCUT2D eigenvalue weighted by atomic mass is 10.1. The number of anilines is 1. The first kappa shape index (κ1) is 23.6. The van der Waals surface area contributed by atoms with E-state index in [4.69, 9.17) is 9.47 Å². The Labute approximate surface area is 203 Å². The quantitative estimate of drug-likeness (QED) is 0.306. The van der Waals surface area contributed by atoms with Gasteiger partial charge in [-0.05, 0) is 61.4 Å². The number of amides is 1. The molecular formula is C26H28N4O3S. The Balaban J connectivity index is 1.37. The molecule has 0 spiro atoms. The second-order valence-corrected chi connectivity index (χ2v) is 8.66. The topological polar surface area (TPSA) is 78.3 Å². The molecule has 0 saturated carbocycles. The Hall–Kier alpha value is -3.52. The van der Waals surface area contributed by atoms with Gasteiger partial charge in [0, 0.05) is 12.2 Å². The normalized spacial score (nSPS) is 10.9. The van der Waals surface area contributed by atoms with E-state index in [-0.39, 0.29) is 18.3 Å². The van der Waals surface area contributed by atoms with E-state index in [2.05, 4.69) is 15.5 Å². The van der Waals surface area contributed by atoms with E-state index in [0.29, 0.717) is 35.6 Å². The molecule has 7 nitrogen and oxygen atoms in total. The number of fused-ring (bicyclic) bond motifs is 1. The molecule has 1 amide bonds. The highest BCUT2D eigenvalue weighted by Gasteiger charge is 2.15. The van der Waals surface area contributed by atoms with Gasteiger partial charge < -0.3 is 19.4 Å². The predicted molar refractivity (Wildman–Crippen MR) is 136 cm³/mol. The van der Waals surface area contributed by atoms with Crippen LogP contribution in [0.25, 0.3) is 10.8 Å². The maximum absolute atomic E-state index is 12.5. The highest BCUT2D eigenvalue weighted by atomic mass is 32.2. The van der Waals surface area contributed by atoms with Crippen LogP contribution in [0.1, 0.15) is 25.2 Å². The van der Waals surface area contributed by atoms with Crippen LogP contribution in [-0.4, -0.2) is 33.0 Å². The molecule has 0 saturated heterocycles. The van der Waals surface area contributed by atoms with Crippen LogP contribution in [-0.2, 0) is 17.9 Å². The van der Waals surface area contributed by atoms with Crippen LogP contribution in [0.3, 0.4) is 0 Å². The van der Waals surface area contributed by atoms with Crippen molar-refractivity contribution < 1.29 is 14.3 Å². The van der Waals surface area contributed by atoms with Crippen molar-refractivity contribution in [1.82, 2.24) is 14.8 Å². The van der Waals surface area contributed by atoms with Gasteiger partial charge in [0.2, 0.25) is 5.91 Å². The van der Waals surface area contributed by atoms with Crippen molar-refractivity contribution in [2.75, 3.05) is 17.7 Å². The fourth-order valence-electron chi connectivity index (χ4n) is 3.59. The molecule has 0 radical (unpaired) electrons. The number of carbonyl (C=O) groups is 1. The van der Waals surface area contributed by atoms with Gasteiger partial charge in [-0.3, -0.25) is 4.79 Å². The second-order valence-electron chi connectivity index (χ2n) is 7.71. The first-order chi connectivity index (χ1) is 16.6. The zero-order valence-electron chi connectivity index (χ0n) is 19.6. The average molecular weight is 477 g/mol. The average Bonchev–Trinajstić information content (AvgIpc) is 3.24. The molecule has 4 rings (SSSR count). The smallest absolute Gasteiger partial charge is 0.234 e. The van der Waals surface area contributed by atoms with Gasteiger partial charge >= 0.3 is 0 Å². The first-order valence-corrected chi connectivity index (χ1v) is 12.3. The molecule has 0 bridgehead atoms. The number of aryl methyl sites for hydroxylation is 1. The summed E-state index contributed by atoms with van der Waals surface area (Å²) in [7, 11) is 0. The van der Waals surface area contributed by atoms with Crippen LogP contribution in [0.4, 0.5) is 5.69 Å². The van der Waals surface area contributed by atoms with Crippen LogP contribution in [0.5, 0.6) is 11.5 Å². The van der Waals surface area contributed by atoms with Crippen molar-refractivity contribution in [1.29, 1.82) is 0 Å². The molecule has 1 N–H and O–H groups in total. The zero-order chi connectivity index (χ0) is 23.9. The lowest BCUT2D eigenvalue weighted by Crippen LogP contribution is -2.15. The summed E-state index contributed by atoms with van der Waals surface area (Å²) in [5.41, 5.74) is 1.88. The van der Waals surface area contributed by atoms with Crippen molar-refractivity contribution in [3.05, 3.63) is 72.1 Å². The van der Waals surface area contributed by atoms with Crippen LogP contribution in [0.15, 0.2) is 65.8 Å². The van der Waals surface area contributed by atoms with Crippen molar-refractivity contribution in [2.45, 2.75) is 39.1 Å². The number of thioether (sulfide) groups is 1. The lowest BCUT2D eigenvalue weighted by Gasteiger charge is -2.13. The maximum atomic E-state index is 12.5. The van der Waals surface area contributed by atoms with Crippen LogP contribution in [0.2, 0.25) is 0 Å². The number of benzene rings is 3. The fraction of sp³-hybridized carbons (Fsp3) is 0.269. The molecule has 0 fully saturated rings. The van der Waals surface area contributed by atoms with Crippen molar-refractivity contribution in [2.24, 2.45) is 0 Å². The van der Waals surface area contributed by atoms with Gasteiger partial charge in [0.05, 0.1) is 12.4 Å². The number of rotatable bonds is 10. The largest absolute Gasteiger partial charge is 0.490 e. The molecule has 0 aliphatic heterocycles. The van der Waals surface area contributed by atoms with E-state index >= 15 is 0 Å². The summed E-state index contributed by atoms with van der Waals surface area (Å²) in [6, 6.07) is 19.8. The molecule has 8 heteroatoms. The number of nitrogens with one attached hydrogen (secondary N) is 1.